The van der Waals surface area contributed by atoms with Gasteiger partial charge in [0.25, 0.3) is 5.69 Å². The molecule has 8 nitrogen and oxygen atoms in total. The lowest BCUT2D eigenvalue weighted by Crippen LogP contribution is -2.63. The van der Waals surface area contributed by atoms with Gasteiger partial charge in [-0.05, 0) is 34.1 Å². The van der Waals surface area contributed by atoms with Gasteiger partial charge < -0.3 is 10.0 Å². The number of carboxylic acid groups (broad SMARTS) is 1. The number of rotatable bonds is 2. The zero-order chi connectivity index (χ0) is 17.8. The molecule has 3 rings (SSSR count). The molecular weight excluding hydrogens is 427 g/mol. The summed E-state index contributed by atoms with van der Waals surface area (Å²) >= 11 is 2.05. The van der Waals surface area contributed by atoms with Crippen molar-refractivity contribution in [1.82, 2.24) is 14.7 Å². The Morgan fingerprint density at radius 2 is 2.12 bits per heavy atom. The molecule has 2 heterocycles. The van der Waals surface area contributed by atoms with E-state index in [0.29, 0.717) is 14.6 Å². The van der Waals surface area contributed by atoms with Crippen LogP contribution in [-0.4, -0.2) is 43.4 Å². The first-order valence-corrected chi connectivity index (χ1v) is 8.51. The Morgan fingerprint density at radius 3 is 2.67 bits per heavy atom. The molecular formula is C15H17IN4O4. The van der Waals surface area contributed by atoms with Gasteiger partial charge in [0.05, 0.1) is 17.0 Å². The number of nitrogens with zero attached hydrogens (tertiary/aromatic N) is 4. The number of benzene rings is 1. The molecule has 128 valence electrons. The molecule has 1 aliphatic heterocycles. The Hall–Kier alpha value is -1.91. The van der Waals surface area contributed by atoms with Crippen LogP contribution in [0.25, 0.3) is 10.9 Å². The van der Waals surface area contributed by atoms with Crippen LogP contribution in [0.1, 0.15) is 26.8 Å². The average molecular weight is 444 g/mol. The standard InChI is InChI=1S/C15H17IN4O4/c1-15(2,3)12-10(7-18(12)14(21)22)19-11-8(13(16)17-19)5-4-6-9(11)20(23)24/h4-6,10,12H,7H2,1-3H3,(H,21,22). The third-order valence-corrected chi connectivity index (χ3v) is 5.19. The second kappa shape index (κ2) is 5.57. The summed E-state index contributed by atoms with van der Waals surface area (Å²) in [6.45, 7) is 6.16. The van der Waals surface area contributed by atoms with Gasteiger partial charge >= 0.3 is 6.09 Å². The van der Waals surface area contributed by atoms with Crippen LogP contribution in [0, 0.1) is 19.2 Å². The van der Waals surface area contributed by atoms with Gasteiger partial charge in [-0.25, -0.2) is 9.48 Å². The first-order valence-electron chi connectivity index (χ1n) is 7.43. The van der Waals surface area contributed by atoms with Crippen molar-refractivity contribution in [3.8, 4) is 0 Å². The first-order chi connectivity index (χ1) is 11.1. The van der Waals surface area contributed by atoms with E-state index in [1.165, 1.54) is 11.0 Å². The molecule has 1 aromatic heterocycles. The van der Waals surface area contributed by atoms with Crippen LogP contribution in [0.2, 0.25) is 0 Å². The van der Waals surface area contributed by atoms with Gasteiger partial charge in [-0.2, -0.15) is 5.10 Å². The van der Waals surface area contributed by atoms with Crippen LogP contribution in [0.15, 0.2) is 18.2 Å². The molecule has 1 fully saturated rings. The Balaban J connectivity index is 2.17. The molecule has 0 saturated carbocycles. The van der Waals surface area contributed by atoms with Gasteiger partial charge in [0, 0.05) is 18.0 Å². The van der Waals surface area contributed by atoms with E-state index in [2.05, 4.69) is 27.7 Å². The van der Waals surface area contributed by atoms with Crippen molar-refractivity contribution in [1.29, 1.82) is 0 Å². The molecule has 0 spiro atoms. The Morgan fingerprint density at radius 1 is 1.46 bits per heavy atom. The minimum absolute atomic E-state index is 0.00986. The number of halogens is 1. The molecule has 2 atom stereocenters. The number of hydrogen-bond donors (Lipinski definition) is 1. The van der Waals surface area contributed by atoms with Gasteiger partial charge in [0.1, 0.15) is 9.22 Å². The molecule has 1 N–H and O–H groups in total. The summed E-state index contributed by atoms with van der Waals surface area (Å²) in [5, 5.41) is 26.0. The molecule has 1 aromatic carbocycles. The highest BCUT2D eigenvalue weighted by atomic mass is 127. The fourth-order valence-corrected chi connectivity index (χ4v) is 4.13. The summed E-state index contributed by atoms with van der Waals surface area (Å²) in [7, 11) is 0. The van der Waals surface area contributed by atoms with E-state index in [0.717, 1.165) is 0 Å². The topological polar surface area (TPSA) is 101 Å². The second-order valence-corrected chi connectivity index (χ2v) is 8.00. The Bertz CT molecular complexity index is 842. The smallest absolute Gasteiger partial charge is 0.407 e. The second-order valence-electron chi connectivity index (χ2n) is 6.98. The van der Waals surface area contributed by atoms with Crippen LogP contribution in [0.4, 0.5) is 10.5 Å². The lowest BCUT2D eigenvalue weighted by Gasteiger charge is -2.52. The third kappa shape index (κ3) is 2.50. The maximum absolute atomic E-state index is 11.4. The van der Waals surface area contributed by atoms with Gasteiger partial charge in [-0.1, -0.05) is 26.8 Å². The third-order valence-electron chi connectivity index (χ3n) is 4.39. The number of nitro benzene ring substituents is 1. The molecule has 2 unspecified atom stereocenters. The van der Waals surface area contributed by atoms with Crippen molar-refractivity contribution in [2.45, 2.75) is 32.9 Å². The van der Waals surface area contributed by atoms with Gasteiger partial charge in [-0.3, -0.25) is 10.1 Å². The average Bonchev–Trinajstić information content (AvgIpc) is 2.72. The maximum atomic E-state index is 11.4. The monoisotopic (exact) mass is 444 g/mol. The predicted octanol–water partition coefficient (Wildman–Crippen LogP) is 3.50. The number of para-hydroxylation sites is 1. The number of non-ortho nitro benzene ring substituents is 1. The van der Waals surface area contributed by atoms with Gasteiger partial charge in [0.15, 0.2) is 0 Å². The predicted molar refractivity (Wildman–Crippen MR) is 96.1 cm³/mol. The molecule has 24 heavy (non-hydrogen) atoms. The van der Waals surface area contributed by atoms with Gasteiger partial charge in [0.2, 0.25) is 0 Å². The van der Waals surface area contributed by atoms with Crippen molar-refractivity contribution in [3.63, 3.8) is 0 Å². The van der Waals surface area contributed by atoms with Crippen molar-refractivity contribution in [3.05, 3.63) is 32.0 Å². The number of fused-ring (bicyclic) bond motifs is 1. The fourth-order valence-electron chi connectivity index (χ4n) is 3.46. The van der Waals surface area contributed by atoms with Crippen LogP contribution in [-0.2, 0) is 0 Å². The van der Waals surface area contributed by atoms with E-state index in [1.807, 2.05) is 20.8 Å². The SMILES string of the molecule is CC(C)(C)C1C(n2nc(I)c3cccc([N+](=O)[O-])c32)CN1C(=O)O. The number of amides is 1. The molecule has 0 radical (unpaired) electrons. The maximum Gasteiger partial charge on any atom is 0.407 e. The quantitative estimate of drug-likeness (QED) is 0.434. The molecule has 1 saturated heterocycles. The number of carbonyl (C=O) groups is 1. The normalized spacial score (nSPS) is 20.9. The highest BCUT2D eigenvalue weighted by Gasteiger charge is 2.50. The van der Waals surface area contributed by atoms with Crippen molar-refractivity contribution in [2.75, 3.05) is 6.54 Å². The largest absolute Gasteiger partial charge is 0.465 e. The van der Waals surface area contributed by atoms with Crippen molar-refractivity contribution in [2.24, 2.45) is 5.41 Å². The van der Waals surface area contributed by atoms with E-state index >= 15 is 0 Å². The molecule has 2 aromatic rings. The van der Waals surface area contributed by atoms with E-state index in [1.54, 1.807) is 16.8 Å². The lowest BCUT2D eigenvalue weighted by atomic mass is 9.76. The molecule has 9 heteroatoms. The van der Waals surface area contributed by atoms with E-state index in [-0.39, 0.29) is 29.7 Å². The summed E-state index contributed by atoms with van der Waals surface area (Å²) in [5.41, 5.74) is 0.134. The van der Waals surface area contributed by atoms with Crippen LogP contribution < -0.4 is 0 Å². The van der Waals surface area contributed by atoms with Crippen LogP contribution in [0.5, 0.6) is 0 Å². The van der Waals surface area contributed by atoms with Gasteiger partial charge in [-0.15, -0.1) is 0 Å². The van der Waals surface area contributed by atoms with Crippen LogP contribution >= 0.6 is 22.6 Å². The molecule has 1 amide bonds. The summed E-state index contributed by atoms with van der Waals surface area (Å²) in [5.74, 6) is 0. The summed E-state index contributed by atoms with van der Waals surface area (Å²) in [6, 6.07) is 4.37. The van der Waals surface area contributed by atoms with E-state index in [9.17, 15) is 20.0 Å². The number of likely N-dealkylation sites (tertiary alicyclic amines) is 1. The van der Waals surface area contributed by atoms with E-state index in [4.69, 9.17) is 0 Å². The summed E-state index contributed by atoms with van der Waals surface area (Å²) < 4.78 is 2.32. The molecule has 1 aliphatic rings. The fraction of sp³-hybridized carbons (Fsp3) is 0.467. The van der Waals surface area contributed by atoms with Crippen molar-refractivity contribution < 1.29 is 14.8 Å². The minimum Gasteiger partial charge on any atom is -0.465 e. The highest BCUT2D eigenvalue weighted by molar-refractivity contribution is 14.1. The molecule has 0 aliphatic carbocycles. The Kier molecular flexibility index (Phi) is 3.93. The van der Waals surface area contributed by atoms with E-state index < -0.39 is 11.0 Å². The zero-order valence-corrected chi connectivity index (χ0v) is 15.6. The highest BCUT2D eigenvalue weighted by Crippen LogP contribution is 2.43. The zero-order valence-electron chi connectivity index (χ0n) is 13.4. The first kappa shape index (κ1) is 16.9. The lowest BCUT2D eigenvalue weighted by molar-refractivity contribution is -0.383. The summed E-state index contributed by atoms with van der Waals surface area (Å²) in [6.07, 6.45) is -0.980. The molecule has 0 bridgehead atoms. The number of aromatic nitrogens is 2. The summed E-state index contributed by atoms with van der Waals surface area (Å²) in [4.78, 5) is 23.8. The number of nitro groups is 1. The van der Waals surface area contributed by atoms with Crippen LogP contribution in [0.3, 0.4) is 0 Å². The Labute approximate surface area is 151 Å². The van der Waals surface area contributed by atoms with Crippen molar-refractivity contribution >= 4 is 45.3 Å². The number of hydrogen-bond acceptors (Lipinski definition) is 4. The minimum atomic E-state index is -0.980.